The van der Waals surface area contributed by atoms with E-state index >= 15 is 0 Å². The first-order valence-electron chi connectivity index (χ1n) is 4.99. The molecule has 16 heavy (non-hydrogen) atoms. The summed E-state index contributed by atoms with van der Waals surface area (Å²) in [6.45, 7) is 1.97. The fraction of sp³-hybridized carbons (Fsp3) is 0.167. The highest BCUT2D eigenvalue weighted by Gasteiger charge is 2.05. The van der Waals surface area contributed by atoms with Gasteiger partial charge in [0.05, 0.1) is 6.42 Å². The molecule has 4 heteroatoms. The number of amides is 1. The van der Waals surface area contributed by atoms with E-state index in [0.717, 1.165) is 10.4 Å². The average Bonchev–Trinajstić information content (AvgIpc) is 2.70. The van der Waals surface area contributed by atoms with Crippen molar-refractivity contribution in [3.05, 3.63) is 46.3 Å². The SMILES string of the molecule is Cc1ccnc(NC(=O)Cc2cccs2)c1. The van der Waals surface area contributed by atoms with Crippen LogP contribution in [0.5, 0.6) is 0 Å². The molecule has 0 bridgehead atoms. The van der Waals surface area contributed by atoms with Gasteiger partial charge in [0.25, 0.3) is 0 Å². The van der Waals surface area contributed by atoms with Crippen molar-refractivity contribution in [3.63, 3.8) is 0 Å². The zero-order chi connectivity index (χ0) is 11.4. The number of carbonyl (C=O) groups excluding carboxylic acids is 1. The number of pyridine rings is 1. The molecule has 0 fully saturated rings. The molecule has 2 aromatic rings. The average molecular weight is 232 g/mol. The second-order valence-corrected chi connectivity index (χ2v) is 4.55. The molecule has 1 amide bonds. The normalized spacial score (nSPS) is 10.1. The second-order valence-electron chi connectivity index (χ2n) is 3.52. The van der Waals surface area contributed by atoms with Crippen LogP contribution in [0.4, 0.5) is 5.82 Å². The van der Waals surface area contributed by atoms with Crippen molar-refractivity contribution in [2.45, 2.75) is 13.3 Å². The molecule has 3 nitrogen and oxygen atoms in total. The van der Waals surface area contributed by atoms with E-state index in [9.17, 15) is 4.79 Å². The topological polar surface area (TPSA) is 42.0 Å². The fourth-order valence-corrected chi connectivity index (χ4v) is 2.07. The summed E-state index contributed by atoms with van der Waals surface area (Å²) in [5.41, 5.74) is 1.08. The number of anilines is 1. The number of aryl methyl sites for hydroxylation is 1. The van der Waals surface area contributed by atoms with Gasteiger partial charge in [-0.05, 0) is 36.1 Å². The minimum Gasteiger partial charge on any atom is -0.310 e. The fourth-order valence-electron chi connectivity index (χ4n) is 1.36. The molecule has 0 atom stereocenters. The largest absolute Gasteiger partial charge is 0.310 e. The molecule has 0 spiro atoms. The van der Waals surface area contributed by atoms with Gasteiger partial charge in [0.1, 0.15) is 5.82 Å². The van der Waals surface area contributed by atoms with E-state index in [0.29, 0.717) is 12.2 Å². The molecule has 0 saturated heterocycles. The van der Waals surface area contributed by atoms with E-state index in [2.05, 4.69) is 10.3 Å². The van der Waals surface area contributed by atoms with Crippen LogP contribution < -0.4 is 5.32 Å². The zero-order valence-corrected chi connectivity index (χ0v) is 9.75. The standard InChI is InChI=1S/C12H12N2OS/c1-9-4-5-13-11(7-9)14-12(15)8-10-3-2-6-16-10/h2-7H,8H2,1H3,(H,13,14,15). The van der Waals surface area contributed by atoms with Gasteiger partial charge < -0.3 is 5.32 Å². The number of nitrogens with zero attached hydrogens (tertiary/aromatic N) is 1. The van der Waals surface area contributed by atoms with E-state index in [1.54, 1.807) is 17.5 Å². The number of hydrogen-bond donors (Lipinski definition) is 1. The lowest BCUT2D eigenvalue weighted by atomic mass is 10.3. The molecular weight excluding hydrogens is 220 g/mol. The molecule has 0 unspecified atom stereocenters. The smallest absolute Gasteiger partial charge is 0.230 e. The first kappa shape index (κ1) is 10.8. The van der Waals surface area contributed by atoms with Gasteiger partial charge >= 0.3 is 0 Å². The van der Waals surface area contributed by atoms with Crippen LogP contribution in [0.3, 0.4) is 0 Å². The van der Waals surface area contributed by atoms with Crippen LogP contribution in [0.2, 0.25) is 0 Å². The van der Waals surface area contributed by atoms with E-state index in [1.807, 2.05) is 36.6 Å². The summed E-state index contributed by atoms with van der Waals surface area (Å²) in [5, 5.41) is 4.74. The van der Waals surface area contributed by atoms with E-state index < -0.39 is 0 Å². The van der Waals surface area contributed by atoms with Crippen LogP contribution in [0.15, 0.2) is 35.8 Å². The van der Waals surface area contributed by atoms with Crippen molar-refractivity contribution in [1.82, 2.24) is 4.98 Å². The van der Waals surface area contributed by atoms with Crippen LogP contribution in [0.1, 0.15) is 10.4 Å². The molecule has 0 aliphatic carbocycles. The summed E-state index contributed by atoms with van der Waals surface area (Å²) in [4.78, 5) is 16.8. The Bertz CT molecular complexity index is 480. The van der Waals surface area contributed by atoms with Crippen LogP contribution >= 0.6 is 11.3 Å². The molecule has 0 saturated carbocycles. The monoisotopic (exact) mass is 232 g/mol. The van der Waals surface area contributed by atoms with Crippen molar-refractivity contribution in [2.24, 2.45) is 0 Å². The minimum atomic E-state index is -0.0273. The van der Waals surface area contributed by atoms with Crippen molar-refractivity contribution in [2.75, 3.05) is 5.32 Å². The highest BCUT2D eigenvalue weighted by Crippen LogP contribution is 2.11. The third-order valence-electron chi connectivity index (χ3n) is 2.10. The van der Waals surface area contributed by atoms with Gasteiger partial charge in [-0.25, -0.2) is 4.98 Å². The van der Waals surface area contributed by atoms with Crippen molar-refractivity contribution < 1.29 is 4.79 Å². The van der Waals surface area contributed by atoms with Gasteiger partial charge in [-0.1, -0.05) is 6.07 Å². The summed E-state index contributed by atoms with van der Waals surface area (Å²) in [7, 11) is 0. The van der Waals surface area contributed by atoms with Crippen LogP contribution in [-0.4, -0.2) is 10.9 Å². The minimum absolute atomic E-state index is 0.0273. The third kappa shape index (κ3) is 2.90. The van der Waals surface area contributed by atoms with Crippen molar-refractivity contribution in [1.29, 1.82) is 0 Å². The molecule has 2 aromatic heterocycles. The predicted octanol–water partition coefficient (Wildman–Crippen LogP) is 2.63. The Kier molecular flexibility index (Phi) is 3.31. The lowest BCUT2D eigenvalue weighted by Gasteiger charge is -2.03. The lowest BCUT2D eigenvalue weighted by Crippen LogP contribution is -2.14. The Hall–Kier alpha value is -1.68. The van der Waals surface area contributed by atoms with E-state index in [-0.39, 0.29) is 5.91 Å². The molecule has 2 rings (SSSR count). The lowest BCUT2D eigenvalue weighted by molar-refractivity contribution is -0.115. The first-order chi connectivity index (χ1) is 7.74. The molecule has 0 aliphatic rings. The maximum absolute atomic E-state index is 11.6. The number of rotatable bonds is 3. The second kappa shape index (κ2) is 4.90. The maximum atomic E-state index is 11.6. The molecule has 0 aromatic carbocycles. The third-order valence-corrected chi connectivity index (χ3v) is 2.97. The van der Waals surface area contributed by atoms with Crippen LogP contribution in [-0.2, 0) is 11.2 Å². The first-order valence-corrected chi connectivity index (χ1v) is 5.87. The van der Waals surface area contributed by atoms with Crippen LogP contribution in [0.25, 0.3) is 0 Å². The van der Waals surface area contributed by atoms with Gasteiger partial charge in [0, 0.05) is 11.1 Å². The Labute approximate surface area is 98.2 Å². The van der Waals surface area contributed by atoms with Gasteiger partial charge in [-0.3, -0.25) is 4.79 Å². The number of aromatic nitrogens is 1. The Morgan fingerprint density at radius 3 is 3.06 bits per heavy atom. The van der Waals surface area contributed by atoms with Gasteiger partial charge in [-0.15, -0.1) is 11.3 Å². The predicted molar refractivity (Wildman–Crippen MR) is 65.6 cm³/mol. The zero-order valence-electron chi connectivity index (χ0n) is 8.93. The van der Waals surface area contributed by atoms with E-state index in [1.165, 1.54) is 0 Å². The highest BCUT2D eigenvalue weighted by molar-refractivity contribution is 7.10. The number of hydrogen-bond acceptors (Lipinski definition) is 3. The molecule has 82 valence electrons. The molecule has 0 aliphatic heterocycles. The van der Waals surface area contributed by atoms with E-state index in [4.69, 9.17) is 0 Å². The number of thiophene rings is 1. The van der Waals surface area contributed by atoms with Crippen LogP contribution in [0, 0.1) is 6.92 Å². The Morgan fingerprint density at radius 2 is 2.38 bits per heavy atom. The van der Waals surface area contributed by atoms with Crippen molar-refractivity contribution in [3.8, 4) is 0 Å². The summed E-state index contributed by atoms with van der Waals surface area (Å²) >= 11 is 1.58. The maximum Gasteiger partial charge on any atom is 0.230 e. The summed E-state index contributed by atoms with van der Waals surface area (Å²) in [6, 6.07) is 7.65. The Balaban J connectivity index is 1.97. The molecular formula is C12H12N2OS. The van der Waals surface area contributed by atoms with Crippen molar-refractivity contribution >= 4 is 23.1 Å². The highest BCUT2D eigenvalue weighted by atomic mass is 32.1. The Morgan fingerprint density at radius 1 is 1.50 bits per heavy atom. The summed E-state index contributed by atoms with van der Waals surface area (Å²) < 4.78 is 0. The summed E-state index contributed by atoms with van der Waals surface area (Å²) in [6.07, 6.45) is 2.10. The van der Waals surface area contributed by atoms with Gasteiger partial charge in [0.2, 0.25) is 5.91 Å². The molecule has 2 heterocycles. The number of nitrogens with one attached hydrogen (secondary N) is 1. The number of carbonyl (C=O) groups is 1. The quantitative estimate of drug-likeness (QED) is 0.884. The van der Waals surface area contributed by atoms with Gasteiger partial charge in [-0.2, -0.15) is 0 Å². The molecule has 1 N–H and O–H groups in total. The summed E-state index contributed by atoms with van der Waals surface area (Å²) in [5.74, 6) is 0.585. The molecule has 0 radical (unpaired) electrons. The van der Waals surface area contributed by atoms with Gasteiger partial charge in [0.15, 0.2) is 0 Å².